The van der Waals surface area contributed by atoms with Gasteiger partial charge in [0.15, 0.2) is 5.65 Å². The third kappa shape index (κ3) is 4.51. The Kier molecular flexibility index (Phi) is 6.25. The number of benzene rings is 2. The molecule has 1 saturated heterocycles. The molecule has 5 rings (SSSR count). The number of carbonyl (C=O) groups is 1. The summed E-state index contributed by atoms with van der Waals surface area (Å²) in [4.78, 5) is 23.9. The topological polar surface area (TPSA) is 99.2 Å². The zero-order valence-electron chi connectivity index (χ0n) is 19.1. The van der Waals surface area contributed by atoms with Crippen LogP contribution in [0.25, 0.3) is 28.0 Å². The zero-order chi connectivity index (χ0) is 24.5. The number of ether oxygens (including phenoxy) is 1. The van der Waals surface area contributed by atoms with Crippen LogP contribution in [0.3, 0.4) is 0 Å². The number of piperidine rings is 1. The average molecular weight is 495 g/mol. The normalized spacial score (nSPS) is 16.0. The Bertz CT molecular complexity index is 1410. The van der Waals surface area contributed by atoms with Gasteiger partial charge in [-0.05, 0) is 50.1 Å². The van der Waals surface area contributed by atoms with Crippen LogP contribution in [0.4, 0.5) is 16.2 Å². The molecule has 4 aromatic rings. The van der Waals surface area contributed by atoms with Crippen molar-refractivity contribution in [2.45, 2.75) is 19.8 Å². The summed E-state index contributed by atoms with van der Waals surface area (Å²) in [6, 6.07) is 13.3. The van der Waals surface area contributed by atoms with E-state index in [1.54, 1.807) is 31.2 Å². The smallest absolute Gasteiger partial charge is 0.310 e. The standard InChI is InChI=1S/C25H24ClFN6O2/c1-2-35-24(34)16-7-5-11-32(14-16)25-29-21(15-6-3-8-17(26)12-15)20-22(28)33(31-23(20)30-25)19-10-4-9-18(27)13-19/h3-4,6,8-10,12-13,16H,2,5,7,11,14,28H2,1H3/t16-/m0/s1. The third-order valence-corrected chi connectivity index (χ3v) is 6.27. The molecular weight excluding hydrogens is 471 g/mol. The number of hydrogen-bond donors (Lipinski definition) is 1. The first-order valence-electron chi connectivity index (χ1n) is 11.4. The number of rotatable bonds is 5. The van der Waals surface area contributed by atoms with E-state index in [-0.39, 0.29) is 17.7 Å². The number of aromatic nitrogens is 4. The fourth-order valence-corrected chi connectivity index (χ4v) is 4.59. The summed E-state index contributed by atoms with van der Waals surface area (Å²) in [5.74, 6) is -0.150. The van der Waals surface area contributed by atoms with Gasteiger partial charge in [0.25, 0.3) is 0 Å². The molecule has 35 heavy (non-hydrogen) atoms. The van der Waals surface area contributed by atoms with Crippen LogP contribution in [0.1, 0.15) is 19.8 Å². The highest BCUT2D eigenvalue weighted by molar-refractivity contribution is 6.30. The molecule has 2 aromatic heterocycles. The van der Waals surface area contributed by atoms with E-state index in [9.17, 15) is 9.18 Å². The Hall–Kier alpha value is -3.72. The fraction of sp³-hybridized carbons (Fsp3) is 0.280. The molecule has 10 heteroatoms. The van der Waals surface area contributed by atoms with Crippen LogP contribution in [0, 0.1) is 11.7 Å². The number of esters is 1. The van der Waals surface area contributed by atoms with Gasteiger partial charge >= 0.3 is 5.97 Å². The molecule has 0 saturated carbocycles. The third-order valence-electron chi connectivity index (χ3n) is 6.03. The van der Waals surface area contributed by atoms with Crippen molar-refractivity contribution in [2.75, 3.05) is 30.3 Å². The van der Waals surface area contributed by atoms with Crippen LogP contribution in [0.15, 0.2) is 48.5 Å². The highest BCUT2D eigenvalue weighted by Crippen LogP contribution is 2.35. The van der Waals surface area contributed by atoms with Crippen LogP contribution in [-0.2, 0) is 9.53 Å². The Morgan fingerprint density at radius 2 is 2.06 bits per heavy atom. The number of hydrogen-bond acceptors (Lipinski definition) is 7. The van der Waals surface area contributed by atoms with Crippen LogP contribution < -0.4 is 10.6 Å². The van der Waals surface area contributed by atoms with E-state index in [0.717, 1.165) is 18.4 Å². The lowest BCUT2D eigenvalue weighted by Gasteiger charge is -2.31. The molecule has 8 nitrogen and oxygen atoms in total. The lowest BCUT2D eigenvalue weighted by molar-refractivity contribution is -0.148. The van der Waals surface area contributed by atoms with Gasteiger partial charge in [-0.2, -0.15) is 4.98 Å². The van der Waals surface area contributed by atoms with Crippen LogP contribution in [-0.4, -0.2) is 45.4 Å². The first-order chi connectivity index (χ1) is 16.9. The maximum atomic E-state index is 13.9. The van der Waals surface area contributed by atoms with Crippen molar-refractivity contribution < 1.29 is 13.9 Å². The lowest BCUT2D eigenvalue weighted by atomic mass is 9.98. The quantitative estimate of drug-likeness (QED) is 0.403. The molecule has 1 aliphatic heterocycles. The Balaban J connectivity index is 1.65. The van der Waals surface area contributed by atoms with Gasteiger partial charge < -0.3 is 15.4 Å². The Morgan fingerprint density at radius 3 is 2.83 bits per heavy atom. The van der Waals surface area contributed by atoms with Crippen molar-refractivity contribution in [2.24, 2.45) is 5.92 Å². The molecular formula is C25H24ClFN6O2. The molecule has 0 unspecified atom stereocenters. The monoisotopic (exact) mass is 494 g/mol. The summed E-state index contributed by atoms with van der Waals surface area (Å²) in [5, 5.41) is 5.68. The predicted molar refractivity (Wildman–Crippen MR) is 133 cm³/mol. The van der Waals surface area contributed by atoms with E-state index < -0.39 is 5.82 Å². The number of nitrogen functional groups attached to an aromatic ring is 1. The first-order valence-corrected chi connectivity index (χ1v) is 11.8. The van der Waals surface area contributed by atoms with Gasteiger partial charge in [0.05, 0.1) is 29.3 Å². The SMILES string of the molecule is CCOC(=O)[C@H]1CCCN(c2nc(-c3cccc(Cl)c3)c3c(N)n(-c4cccc(F)c4)nc3n2)C1. The van der Waals surface area contributed by atoms with Crippen molar-refractivity contribution >= 4 is 40.4 Å². The van der Waals surface area contributed by atoms with Gasteiger partial charge in [-0.15, -0.1) is 5.10 Å². The highest BCUT2D eigenvalue weighted by Gasteiger charge is 2.29. The number of nitrogens with zero attached hydrogens (tertiary/aromatic N) is 5. The fourth-order valence-electron chi connectivity index (χ4n) is 4.40. The van der Waals surface area contributed by atoms with Crippen LogP contribution in [0.2, 0.25) is 5.02 Å². The summed E-state index contributed by atoms with van der Waals surface area (Å²) in [7, 11) is 0. The molecule has 1 atom stereocenters. The van der Waals surface area contributed by atoms with Crippen molar-refractivity contribution in [1.29, 1.82) is 0 Å². The minimum atomic E-state index is -0.401. The number of anilines is 2. The maximum absolute atomic E-state index is 13.9. The number of halogens is 2. The van der Waals surface area contributed by atoms with Gasteiger partial charge in [-0.3, -0.25) is 4.79 Å². The average Bonchev–Trinajstić information content (AvgIpc) is 3.20. The molecule has 180 valence electrons. The zero-order valence-corrected chi connectivity index (χ0v) is 19.9. The second kappa shape index (κ2) is 9.50. The van der Waals surface area contributed by atoms with Crippen molar-refractivity contribution in [3.8, 4) is 16.9 Å². The largest absolute Gasteiger partial charge is 0.466 e. The second-order valence-corrected chi connectivity index (χ2v) is 8.83. The van der Waals surface area contributed by atoms with Crippen molar-refractivity contribution in [1.82, 2.24) is 19.7 Å². The molecule has 1 fully saturated rings. The summed E-state index contributed by atoms with van der Waals surface area (Å²) in [6.07, 6.45) is 1.55. The predicted octanol–water partition coefficient (Wildman–Crippen LogP) is 4.64. The van der Waals surface area contributed by atoms with E-state index in [2.05, 4.69) is 5.10 Å². The van der Waals surface area contributed by atoms with Gasteiger partial charge in [0.1, 0.15) is 11.6 Å². The number of nitrogens with two attached hydrogens (primary N) is 1. The van der Waals surface area contributed by atoms with Gasteiger partial charge in [0, 0.05) is 23.7 Å². The molecule has 0 bridgehead atoms. The van der Waals surface area contributed by atoms with Gasteiger partial charge in [0.2, 0.25) is 5.95 Å². The molecule has 2 aromatic carbocycles. The minimum Gasteiger partial charge on any atom is -0.466 e. The summed E-state index contributed by atoms with van der Waals surface area (Å²) in [6.45, 7) is 3.27. The summed E-state index contributed by atoms with van der Waals surface area (Å²) >= 11 is 6.28. The van der Waals surface area contributed by atoms with Crippen molar-refractivity contribution in [3.63, 3.8) is 0 Å². The molecule has 0 radical (unpaired) electrons. The van der Waals surface area contributed by atoms with Crippen molar-refractivity contribution in [3.05, 3.63) is 59.4 Å². The van der Waals surface area contributed by atoms with E-state index >= 15 is 0 Å². The second-order valence-electron chi connectivity index (χ2n) is 8.40. The summed E-state index contributed by atoms with van der Waals surface area (Å²) in [5.41, 5.74) is 8.66. The molecule has 2 N–H and O–H groups in total. The maximum Gasteiger partial charge on any atom is 0.310 e. The molecule has 3 heterocycles. The molecule has 0 spiro atoms. The van der Waals surface area contributed by atoms with Gasteiger partial charge in [-0.25, -0.2) is 14.1 Å². The Morgan fingerprint density at radius 1 is 1.23 bits per heavy atom. The minimum absolute atomic E-state index is 0.215. The highest BCUT2D eigenvalue weighted by atomic mass is 35.5. The summed E-state index contributed by atoms with van der Waals surface area (Å²) < 4.78 is 20.6. The van der Waals surface area contributed by atoms with E-state index in [1.807, 2.05) is 17.0 Å². The molecule has 0 aliphatic carbocycles. The van der Waals surface area contributed by atoms with E-state index in [1.165, 1.54) is 16.8 Å². The van der Waals surface area contributed by atoms with E-state index in [0.29, 0.717) is 53.1 Å². The number of carbonyl (C=O) groups excluding carboxylic acids is 1. The first kappa shape index (κ1) is 23.0. The molecule has 0 amide bonds. The molecule has 1 aliphatic rings. The van der Waals surface area contributed by atoms with Crippen LogP contribution >= 0.6 is 11.6 Å². The van der Waals surface area contributed by atoms with Gasteiger partial charge in [-0.1, -0.05) is 29.8 Å². The number of fused-ring (bicyclic) bond motifs is 1. The van der Waals surface area contributed by atoms with E-state index in [4.69, 9.17) is 32.0 Å². The lowest BCUT2D eigenvalue weighted by Crippen LogP contribution is -2.40. The van der Waals surface area contributed by atoms with Crippen LogP contribution in [0.5, 0.6) is 0 Å². The Labute approximate surface area is 206 Å².